The molecule has 0 aliphatic heterocycles. The SMILES string of the molecule is CCCc1cc(=O)[nH]c(SCC(=O)Nc2ncc(C(F)(F)F)cc2Cl)n1. The third kappa shape index (κ3) is 5.73. The number of carbonyl (C=O) groups excluding carboxylic acids is 1. The van der Waals surface area contributed by atoms with Crippen LogP contribution in [0.2, 0.25) is 5.02 Å². The first-order valence-corrected chi connectivity index (χ1v) is 8.81. The molecule has 2 aromatic rings. The van der Waals surface area contributed by atoms with Gasteiger partial charge in [0.15, 0.2) is 11.0 Å². The van der Waals surface area contributed by atoms with Crippen molar-refractivity contribution in [1.82, 2.24) is 15.0 Å². The minimum Gasteiger partial charge on any atom is -0.309 e. The number of alkyl halides is 3. The standard InChI is InChI=1S/C15H14ClF3N4O2S/c1-2-3-9-5-11(24)23-14(21-9)26-7-12(25)22-13-10(16)4-8(6-20-13)15(17,18)19/h4-6H,2-3,7H2,1H3,(H,20,22,25)(H,21,23,24). The topological polar surface area (TPSA) is 87.7 Å². The number of aryl methyl sites for hydroxylation is 1. The summed E-state index contributed by atoms with van der Waals surface area (Å²) in [6.07, 6.45) is -2.54. The Kier molecular flexibility index (Phi) is 6.65. The van der Waals surface area contributed by atoms with Gasteiger partial charge in [-0.2, -0.15) is 13.2 Å². The largest absolute Gasteiger partial charge is 0.417 e. The molecule has 2 N–H and O–H groups in total. The predicted octanol–water partition coefficient (Wildman–Crippen LogP) is 3.52. The van der Waals surface area contributed by atoms with Crippen LogP contribution in [0.25, 0.3) is 0 Å². The summed E-state index contributed by atoms with van der Waals surface area (Å²) in [4.78, 5) is 33.7. The monoisotopic (exact) mass is 406 g/mol. The lowest BCUT2D eigenvalue weighted by atomic mass is 10.2. The second-order valence-corrected chi connectivity index (χ2v) is 6.55. The van der Waals surface area contributed by atoms with Gasteiger partial charge in [0.05, 0.1) is 16.3 Å². The highest BCUT2D eigenvalue weighted by atomic mass is 35.5. The van der Waals surface area contributed by atoms with Crippen LogP contribution < -0.4 is 10.9 Å². The number of amides is 1. The third-order valence-electron chi connectivity index (χ3n) is 3.05. The molecule has 0 aromatic carbocycles. The molecule has 0 aliphatic rings. The highest BCUT2D eigenvalue weighted by molar-refractivity contribution is 7.99. The van der Waals surface area contributed by atoms with E-state index in [2.05, 4.69) is 20.3 Å². The molecule has 2 aromatic heterocycles. The molecule has 2 heterocycles. The van der Waals surface area contributed by atoms with E-state index in [1.165, 1.54) is 6.07 Å². The second-order valence-electron chi connectivity index (χ2n) is 5.18. The van der Waals surface area contributed by atoms with Crippen molar-refractivity contribution in [2.24, 2.45) is 0 Å². The van der Waals surface area contributed by atoms with Gasteiger partial charge < -0.3 is 10.3 Å². The molecule has 0 bridgehead atoms. The summed E-state index contributed by atoms with van der Waals surface area (Å²) in [7, 11) is 0. The molecule has 0 unspecified atom stereocenters. The number of aromatic nitrogens is 3. The van der Waals surface area contributed by atoms with Crippen molar-refractivity contribution in [3.63, 3.8) is 0 Å². The van der Waals surface area contributed by atoms with Gasteiger partial charge in [0, 0.05) is 18.0 Å². The minimum absolute atomic E-state index is 0.127. The van der Waals surface area contributed by atoms with Crippen molar-refractivity contribution in [3.8, 4) is 0 Å². The molecule has 11 heteroatoms. The van der Waals surface area contributed by atoms with E-state index in [1.807, 2.05) is 6.92 Å². The van der Waals surface area contributed by atoms with Crippen molar-refractivity contribution in [3.05, 3.63) is 45.0 Å². The van der Waals surface area contributed by atoms with Crippen LogP contribution in [-0.4, -0.2) is 26.6 Å². The van der Waals surface area contributed by atoms with Crippen LogP contribution in [0.1, 0.15) is 24.6 Å². The fraction of sp³-hybridized carbons (Fsp3) is 0.333. The van der Waals surface area contributed by atoms with Crippen molar-refractivity contribution in [1.29, 1.82) is 0 Å². The van der Waals surface area contributed by atoms with Crippen LogP contribution in [0.3, 0.4) is 0 Å². The molecule has 0 saturated carbocycles. The van der Waals surface area contributed by atoms with E-state index in [-0.39, 0.29) is 27.3 Å². The van der Waals surface area contributed by atoms with E-state index < -0.39 is 17.6 Å². The molecule has 0 atom stereocenters. The molecule has 2 rings (SSSR count). The maximum atomic E-state index is 12.6. The van der Waals surface area contributed by atoms with Gasteiger partial charge in [-0.05, 0) is 12.5 Å². The van der Waals surface area contributed by atoms with E-state index in [9.17, 15) is 22.8 Å². The average Bonchev–Trinajstić information content (AvgIpc) is 2.54. The van der Waals surface area contributed by atoms with Crippen LogP contribution in [0.4, 0.5) is 19.0 Å². The molecule has 6 nitrogen and oxygen atoms in total. The number of H-pyrrole nitrogens is 1. The fourth-order valence-corrected chi connectivity index (χ4v) is 2.83. The highest BCUT2D eigenvalue weighted by Crippen LogP contribution is 2.32. The molecule has 0 aliphatic carbocycles. The molecular formula is C15H14ClF3N4O2S. The number of nitrogens with one attached hydrogen (secondary N) is 2. The smallest absolute Gasteiger partial charge is 0.309 e. The summed E-state index contributed by atoms with van der Waals surface area (Å²) in [5.74, 6) is -0.850. The van der Waals surface area contributed by atoms with Gasteiger partial charge in [0.1, 0.15) is 0 Å². The van der Waals surface area contributed by atoms with E-state index in [0.29, 0.717) is 24.4 Å². The Balaban J connectivity index is 2.00. The number of anilines is 1. The maximum absolute atomic E-state index is 12.6. The van der Waals surface area contributed by atoms with Crippen LogP contribution >= 0.6 is 23.4 Å². The highest BCUT2D eigenvalue weighted by Gasteiger charge is 2.31. The number of halogens is 4. The lowest BCUT2D eigenvalue weighted by molar-refractivity contribution is -0.137. The fourth-order valence-electron chi connectivity index (χ4n) is 1.92. The van der Waals surface area contributed by atoms with Crippen molar-refractivity contribution < 1.29 is 18.0 Å². The molecule has 26 heavy (non-hydrogen) atoms. The van der Waals surface area contributed by atoms with Crippen LogP contribution in [0.5, 0.6) is 0 Å². The van der Waals surface area contributed by atoms with Gasteiger partial charge in [0.2, 0.25) is 5.91 Å². The van der Waals surface area contributed by atoms with Gasteiger partial charge >= 0.3 is 6.18 Å². The van der Waals surface area contributed by atoms with Crippen LogP contribution in [0, 0.1) is 0 Å². The van der Waals surface area contributed by atoms with Crippen molar-refractivity contribution in [2.75, 3.05) is 11.1 Å². The van der Waals surface area contributed by atoms with Crippen molar-refractivity contribution >= 4 is 35.1 Å². The number of nitrogens with zero attached hydrogens (tertiary/aromatic N) is 2. The Morgan fingerprint density at radius 2 is 2.12 bits per heavy atom. The molecule has 140 valence electrons. The van der Waals surface area contributed by atoms with E-state index in [0.717, 1.165) is 18.2 Å². The lowest BCUT2D eigenvalue weighted by Gasteiger charge is -2.10. The van der Waals surface area contributed by atoms with E-state index in [4.69, 9.17) is 11.6 Å². The van der Waals surface area contributed by atoms with Gasteiger partial charge in [-0.15, -0.1) is 0 Å². The molecule has 1 amide bonds. The number of thioether (sulfide) groups is 1. The van der Waals surface area contributed by atoms with Gasteiger partial charge in [0.25, 0.3) is 5.56 Å². The quantitative estimate of drug-likeness (QED) is 0.566. The molecule has 0 spiro atoms. The number of pyridine rings is 1. The number of aromatic amines is 1. The van der Waals surface area contributed by atoms with Gasteiger partial charge in [-0.1, -0.05) is 36.7 Å². The minimum atomic E-state index is -4.57. The summed E-state index contributed by atoms with van der Waals surface area (Å²) < 4.78 is 37.7. The number of rotatable bonds is 6. The van der Waals surface area contributed by atoms with E-state index >= 15 is 0 Å². The molecule has 0 fully saturated rings. The number of carbonyl (C=O) groups is 1. The molecule has 0 radical (unpaired) electrons. The van der Waals surface area contributed by atoms with Crippen molar-refractivity contribution in [2.45, 2.75) is 31.1 Å². The second kappa shape index (κ2) is 8.54. The first kappa shape index (κ1) is 20.2. The Bertz CT molecular complexity index is 858. The van der Waals surface area contributed by atoms with E-state index in [1.54, 1.807) is 0 Å². The Morgan fingerprint density at radius 1 is 1.38 bits per heavy atom. The average molecular weight is 407 g/mol. The summed E-state index contributed by atoms with van der Waals surface area (Å²) in [5, 5.41) is 2.28. The zero-order valence-electron chi connectivity index (χ0n) is 13.5. The first-order chi connectivity index (χ1) is 12.2. The summed E-state index contributed by atoms with van der Waals surface area (Å²) in [6.45, 7) is 1.95. The Morgan fingerprint density at radius 3 is 2.73 bits per heavy atom. The summed E-state index contributed by atoms with van der Waals surface area (Å²) in [5.41, 5.74) is -0.713. The molecule has 0 saturated heterocycles. The zero-order valence-corrected chi connectivity index (χ0v) is 15.1. The zero-order chi connectivity index (χ0) is 19.3. The Hall–Kier alpha value is -2.07. The predicted molar refractivity (Wildman–Crippen MR) is 92.5 cm³/mol. The first-order valence-electron chi connectivity index (χ1n) is 7.44. The Labute approximate surface area is 155 Å². The normalized spacial score (nSPS) is 11.4. The summed E-state index contributed by atoms with van der Waals surface area (Å²) in [6, 6.07) is 2.07. The van der Waals surface area contributed by atoms with Crippen LogP contribution in [0.15, 0.2) is 28.3 Å². The summed E-state index contributed by atoms with van der Waals surface area (Å²) >= 11 is 6.71. The number of hydrogen-bond acceptors (Lipinski definition) is 5. The van der Waals surface area contributed by atoms with Gasteiger partial charge in [-0.25, -0.2) is 9.97 Å². The third-order valence-corrected chi connectivity index (χ3v) is 4.21. The van der Waals surface area contributed by atoms with Gasteiger partial charge in [-0.3, -0.25) is 9.59 Å². The molecular weight excluding hydrogens is 393 g/mol. The maximum Gasteiger partial charge on any atom is 0.417 e. The number of hydrogen-bond donors (Lipinski definition) is 2. The lowest BCUT2D eigenvalue weighted by Crippen LogP contribution is -2.17. The van der Waals surface area contributed by atoms with Crippen LogP contribution in [-0.2, 0) is 17.4 Å².